The molecule has 0 aliphatic heterocycles. The first-order chi connectivity index (χ1) is 9.10. The van der Waals surface area contributed by atoms with Crippen molar-refractivity contribution >= 4 is 11.6 Å². The number of hydrogen-bond acceptors (Lipinski definition) is 2. The highest BCUT2D eigenvalue weighted by Gasteiger charge is 2.20. The topological polar surface area (TPSA) is 41.1 Å². The summed E-state index contributed by atoms with van der Waals surface area (Å²) < 4.78 is 0. The maximum absolute atomic E-state index is 12.2. The van der Waals surface area contributed by atoms with Gasteiger partial charge >= 0.3 is 0 Å². The van der Waals surface area contributed by atoms with Gasteiger partial charge in [-0.2, -0.15) is 0 Å². The number of anilines is 1. The van der Waals surface area contributed by atoms with E-state index in [4.69, 9.17) is 0 Å². The highest BCUT2D eigenvalue weighted by Crippen LogP contribution is 2.24. The first-order valence-corrected chi connectivity index (χ1v) is 7.19. The van der Waals surface area contributed by atoms with Crippen molar-refractivity contribution in [2.24, 2.45) is 5.92 Å². The third-order valence-electron chi connectivity index (χ3n) is 4.11. The van der Waals surface area contributed by atoms with Crippen molar-refractivity contribution < 1.29 is 4.79 Å². The van der Waals surface area contributed by atoms with Crippen LogP contribution in [-0.2, 0) is 0 Å². The van der Waals surface area contributed by atoms with E-state index in [1.54, 1.807) is 0 Å². The average molecular weight is 260 g/mol. The van der Waals surface area contributed by atoms with Crippen LogP contribution in [0.25, 0.3) is 0 Å². The molecule has 3 heteroatoms. The summed E-state index contributed by atoms with van der Waals surface area (Å²) in [4.78, 5) is 12.2. The largest absolute Gasteiger partial charge is 0.388 e. The third-order valence-corrected chi connectivity index (χ3v) is 4.11. The molecule has 1 aliphatic carbocycles. The van der Waals surface area contributed by atoms with E-state index in [1.165, 1.54) is 12.8 Å². The van der Waals surface area contributed by atoms with Gasteiger partial charge in [-0.3, -0.25) is 4.79 Å². The summed E-state index contributed by atoms with van der Waals surface area (Å²) in [6.45, 7) is 4.31. The molecule has 1 aromatic carbocycles. The molecule has 104 valence electrons. The molecule has 1 aliphatic rings. The Morgan fingerprint density at radius 3 is 2.47 bits per heavy atom. The minimum absolute atomic E-state index is 0.0605. The van der Waals surface area contributed by atoms with Crippen LogP contribution >= 0.6 is 0 Å². The van der Waals surface area contributed by atoms with Gasteiger partial charge in [0.1, 0.15) is 0 Å². The van der Waals surface area contributed by atoms with Gasteiger partial charge in [0.2, 0.25) is 0 Å². The molecular weight excluding hydrogens is 236 g/mol. The van der Waals surface area contributed by atoms with Crippen LogP contribution in [0.4, 0.5) is 5.69 Å². The number of carbonyl (C=O) groups excluding carboxylic acids is 1. The Hall–Kier alpha value is -1.51. The van der Waals surface area contributed by atoms with Gasteiger partial charge in [0, 0.05) is 24.3 Å². The molecule has 1 saturated carbocycles. The number of aryl methyl sites for hydroxylation is 1. The van der Waals surface area contributed by atoms with Crippen molar-refractivity contribution in [3.63, 3.8) is 0 Å². The normalized spacial score (nSPS) is 22.9. The molecule has 1 fully saturated rings. The molecule has 1 amide bonds. The SMILES string of the molecule is CNc1ccc(C(=O)NC2CCC(C)CC2)cc1C. The second kappa shape index (κ2) is 6.09. The van der Waals surface area contributed by atoms with Gasteiger partial charge in [-0.15, -0.1) is 0 Å². The summed E-state index contributed by atoms with van der Waals surface area (Å²) in [5, 5.41) is 6.28. The number of carbonyl (C=O) groups is 1. The minimum atomic E-state index is 0.0605. The van der Waals surface area contributed by atoms with E-state index >= 15 is 0 Å². The molecule has 0 spiro atoms. The van der Waals surface area contributed by atoms with E-state index in [0.717, 1.165) is 35.6 Å². The molecule has 0 radical (unpaired) electrons. The van der Waals surface area contributed by atoms with Crippen LogP contribution in [0, 0.1) is 12.8 Å². The molecule has 0 saturated heterocycles. The lowest BCUT2D eigenvalue weighted by Crippen LogP contribution is -2.37. The molecule has 0 heterocycles. The van der Waals surface area contributed by atoms with Gasteiger partial charge in [0.15, 0.2) is 0 Å². The minimum Gasteiger partial charge on any atom is -0.388 e. The van der Waals surface area contributed by atoms with Gasteiger partial charge in [-0.1, -0.05) is 6.92 Å². The summed E-state index contributed by atoms with van der Waals surface area (Å²) in [7, 11) is 1.89. The van der Waals surface area contributed by atoms with Crippen LogP contribution in [0.3, 0.4) is 0 Å². The van der Waals surface area contributed by atoms with Gasteiger partial charge in [-0.05, 0) is 62.3 Å². The highest BCUT2D eigenvalue weighted by atomic mass is 16.1. The van der Waals surface area contributed by atoms with Gasteiger partial charge < -0.3 is 10.6 Å². The predicted octanol–water partition coefficient (Wildman–Crippen LogP) is 3.35. The first-order valence-electron chi connectivity index (χ1n) is 7.19. The molecule has 0 unspecified atom stereocenters. The Bertz CT molecular complexity index is 448. The van der Waals surface area contributed by atoms with Crippen molar-refractivity contribution in [1.82, 2.24) is 5.32 Å². The van der Waals surface area contributed by atoms with Crippen LogP contribution in [0.15, 0.2) is 18.2 Å². The maximum Gasteiger partial charge on any atom is 0.251 e. The van der Waals surface area contributed by atoms with E-state index in [-0.39, 0.29) is 5.91 Å². The van der Waals surface area contributed by atoms with Crippen molar-refractivity contribution in [3.05, 3.63) is 29.3 Å². The lowest BCUT2D eigenvalue weighted by molar-refractivity contribution is 0.0923. The van der Waals surface area contributed by atoms with Crippen molar-refractivity contribution in [3.8, 4) is 0 Å². The Balaban J connectivity index is 1.98. The summed E-state index contributed by atoms with van der Waals surface area (Å²) in [5.74, 6) is 0.871. The van der Waals surface area contributed by atoms with Gasteiger partial charge in [0.25, 0.3) is 5.91 Å². The number of rotatable bonds is 3. The Morgan fingerprint density at radius 2 is 1.89 bits per heavy atom. The summed E-state index contributed by atoms with van der Waals surface area (Å²) in [5.41, 5.74) is 2.94. The van der Waals surface area contributed by atoms with Crippen molar-refractivity contribution in [2.45, 2.75) is 45.6 Å². The molecule has 2 rings (SSSR count). The van der Waals surface area contributed by atoms with Crippen LogP contribution in [0.1, 0.15) is 48.5 Å². The fourth-order valence-corrected chi connectivity index (χ4v) is 2.76. The molecule has 3 nitrogen and oxygen atoms in total. The molecule has 0 atom stereocenters. The lowest BCUT2D eigenvalue weighted by atomic mass is 9.87. The number of benzene rings is 1. The Kier molecular flexibility index (Phi) is 4.46. The fourth-order valence-electron chi connectivity index (χ4n) is 2.76. The van der Waals surface area contributed by atoms with Crippen molar-refractivity contribution in [2.75, 3.05) is 12.4 Å². The Morgan fingerprint density at radius 1 is 1.21 bits per heavy atom. The smallest absolute Gasteiger partial charge is 0.251 e. The fraction of sp³-hybridized carbons (Fsp3) is 0.562. The summed E-state index contributed by atoms with van der Waals surface area (Å²) in [6.07, 6.45) is 4.67. The second-order valence-corrected chi connectivity index (χ2v) is 5.71. The van der Waals surface area contributed by atoms with E-state index in [1.807, 2.05) is 32.2 Å². The molecule has 19 heavy (non-hydrogen) atoms. The lowest BCUT2D eigenvalue weighted by Gasteiger charge is -2.27. The zero-order valence-corrected chi connectivity index (χ0v) is 12.1. The van der Waals surface area contributed by atoms with E-state index < -0.39 is 0 Å². The standard InChI is InChI=1S/C16H24N2O/c1-11-4-7-14(8-5-11)18-16(19)13-6-9-15(17-3)12(2)10-13/h6,9-11,14,17H,4-5,7-8H2,1-3H3,(H,18,19). The highest BCUT2D eigenvalue weighted by molar-refractivity contribution is 5.95. The van der Waals surface area contributed by atoms with Gasteiger partial charge in [-0.25, -0.2) is 0 Å². The predicted molar refractivity (Wildman–Crippen MR) is 79.6 cm³/mol. The molecule has 0 aromatic heterocycles. The number of hydrogen-bond donors (Lipinski definition) is 2. The number of nitrogens with one attached hydrogen (secondary N) is 2. The molecule has 1 aromatic rings. The van der Waals surface area contributed by atoms with Crippen LogP contribution in [0.2, 0.25) is 0 Å². The van der Waals surface area contributed by atoms with Crippen LogP contribution < -0.4 is 10.6 Å². The zero-order valence-electron chi connectivity index (χ0n) is 12.1. The maximum atomic E-state index is 12.2. The first kappa shape index (κ1) is 13.9. The average Bonchev–Trinajstić information content (AvgIpc) is 2.41. The second-order valence-electron chi connectivity index (χ2n) is 5.71. The number of amides is 1. The quantitative estimate of drug-likeness (QED) is 0.875. The van der Waals surface area contributed by atoms with E-state index in [9.17, 15) is 4.79 Å². The summed E-state index contributed by atoms with van der Waals surface area (Å²) >= 11 is 0. The van der Waals surface area contributed by atoms with E-state index in [0.29, 0.717) is 6.04 Å². The van der Waals surface area contributed by atoms with Crippen molar-refractivity contribution in [1.29, 1.82) is 0 Å². The zero-order chi connectivity index (χ0) is 13.8. The van der Waals surface area contributed by atoms with E-state index in [2.05, 4.69) is 17.6 Å². The molecular formula is C16H24N2O. The van der Waals surface area contributed by atoms with Crippen LogP contribution in [0.5, 0.6) is 0 Å². The third kappa shape index (κ3) is 3.49. The van der Waals surface area contributed by atoms with Gasteiger partial charge in [0.05, 0.1) is 0 Å². The molecule has 2 N–H and O–H groups in total. The Labute approximate surface area is 115 Å². The monoisotopic (exact) mass is 260 g/mol. The summed E-state index contributed by atoms with van der Waals surface area (Å²) in [6, 6.07) is 6.16. The molecule has 0 bridgehead atoms. The van der Waals surface area contributed by atoms with Crippen LogP contribution in [-0.4, -0.2) is 19.0 Å².